The Bertz CT molecular complexity index is 924. The SMILES string of the molecule is CCSc1cc(Br)cnc1-c1nc2ncc(C(F)(F)F)cc2n1CC. The van der Waals surface area contributed by atoms with Crippen molar-refractivity contribution in [2.75, 3.05) is 5.75 Å². The summed E-state index contributed by atoms with van der Waals surface area (Å²) >= 11 is 5.00. The molecule has 0 fully saturated rings. The molecule has 0 atom stereocenters. The van der Waals surface area contributed by atoms with Crippen molar-refractivity contribution >= 4 is 38.9 Å². The Labute approximate surface area is 155 Å². The monoisotopic (exact) mass is 430 g/mol. The molecule has 0 aliphatic rings. The van der Waals surface area contributed by atoms with Gasteiger partial charge < -0.3 is 4.57 Å². The molecule has 0 unspecified atom stereocenters. The van der Waals surface area contributed by atoms with E-state index in [2.05, 4.69) is 30.9 Å². The molecule has 0 bridgehead atoms. The zero-order valence-corrected chi connectivity index (χ0v) is 15.8. The zero-order chi connectivity index (χ0) is 18.2. The summed E-state index contributed by atoms with van der Waals surface area (Å²) < 4.78 is 41.6. The van der Waals surface area contributed by atoms with Crippen molar-refractivity contribution < 1.29 is 13.2 Å². The molecular weight excluding hydrogens is 417 g/mol. The lowest BCUT2D eigenvalue weighted by Crippen LogP contribution is -2.06. The minimum absolute atomic E-state index is 0.280. The van der Waals surface area contributed by atoms with Gasteiger partial charge in [0.15, 0.2) is 11.5 Å². The van der Waals surface area contributed by atoms with Crippen LogP contribution in [0, 0.1) is 0 Å². The molecule has 132 valence electrons. The third kappa shape index (κ3) is 3.52. The highest BCUT2D eigenvalue weighted by Crippen LogP contribution is 2.35. The molecule has 0 aromatic carbocycles. The summed E-state index contributed by atoms with van der Waals surface area (Å²) in [5.41, 5.74) is 0.489. The zero-order valence-electron chi connectivity index (χ0n) is 13.4. The topological polar surface area (TPSA) is 43.6 Å². The van der Waals surface area contributed by atoms with E-state index in [1.807, 2.05) is 19.9 Å². The fraction of sp³-hybridized carbons (Fsp3) is 0.312. The van der Waals surface area contributed by atoms with Gasteiger partial charge in [-0.3, -0.25) is 4.98 Å². The van der Waals surface area contributed by atoms with Crippen molar-refractivity contribution in [3.8, 4) is 11.5 Å². The second kappa shape index (κ2) is 6.95. The van der Waals surface area contributed by atoms with Gasteiger partial charge in [-0.2, -0.15) is 13.2 Å². The molecular formula is C16H14BrF3N4S. The van der Waals surface area contributed by atoms with Crippen molar-refractivity contribution in [1.29, 1.82) is 0 Å². The molecule has 0 saturated heterocycles. The summed E-state index contributed by atoms with van der Waals surface area (Å²) in [6, 6.07) is 3.03. The predicted octanol–water partition coefficient (Wildman–Crippen LogP) is 5.41. The van der Waals surface area contributed by atoms with E-state index in [0.29, 0.717) is 23.6 Å². The van der Waals surface area contributed by atoms with E-state index in [0.717, 1.165) is 27.4 Å². The number of nitrogens with zero attached hydrogens (tertiary/aromatic N) is 4. The molecule has 0 spiro atoms. The van der Waals surface area contributed by atoms with Gasteiger partial charge >= 0.3 is 6.18 Å². The summed E-state index contributed by atoms with van der Waals surface area (Å²) in [5, 5.41) is 0. The third-order valence-corrected chi connectivity index (χ3v) is 4.92. The quantitative estimate of drug-likeness (QED) is 0.519. The van der Waals surface area contributed by atoms with Crippen LogP contribution in [0.1, 0.15) is 19.4 Å². The standard InChI is InChI=1S/C16H14BrF3N4S/c1-3-24-11-5-9(16(18,19)20)7-22-14(11)23-15(24)13-12(25-4-2)6-10(17)8-21-13/h5-8H,3-4H2,1-2H3. The maximum absolute atomic E-state index is 13.0. The van der Waals surface area contributed by atoms with Gasteiger partial charge in [0.1, 0.15) is 5.69 Å². The van der Waals surface area contributed by atoms with Gasteiger partial charge in [-0.05, 0) is 40.7 Å². The van der Waals surface area contributed by atoms with Crippen LogP contribution < -0.4 is 0 Å². The largest absolute Gasteiger partial charge is 0.417 e. The number of imidazole rings is 1. The average Bonchev–Trinajstić information content (AvgIpc) is 2.92. The Morgan fingerprint density at radius 1 is 1.16 bits per heavy atom. The van der Waals surface area contributed by atoms with Crippen molar-refractivity contribution in [1.82, 2.24) is 19.5 Å². The summed E-state index contributed by atoms with van der Waals surface area (Å²) in [6.45, 7) is 4.34. The number of hydrogen-bond donors (Lipinski definition) is 0. The first-order valence-electron chi connectivity index (χ1n) is 7.57. The Morgan fingerprint density at radius 3 is 2.56 bits per heavy atom. The van der Waals surface area contributed by atoms with Crippen molar-refractivity contribution in [3.05, 3.63) is 34.6 Å². The molecule has 0 amide bonds. The molecule has 0 aliphatic heterocycles. The van der Waals surface area contributed by atoms with Gasteiger partial charge in [0.2, 0.25) is 0 Å². The maximum Gasteiger partial charge on any atom is 0.417 e. The van der Waals surface area contributed by atoms with E-state index < -0.39 is 11.7 Å². The van der Waals surface area contributed by atoms with Gasteiger partial charge in [0.05, 0.1) is 11.1 Å². The summed E-state index contributed by atoms with van der Waals surface area (Å²) in [7, 11) is 0. The highest BCUT2D eigenvalue weighted by atomic mass is 79.9. The van der Waals surface area contributed by atoms with E-state index in [1.54, 1.807) is 22.5 Å². The molecule has 3 aromatic rings. The summed E-state index contributed by atoms with van der Waals surface area (Å²) in [5.74, 6) is 1.36. The highest BCUT2D eigenvalue weighted by Gasteiger charge is 2.32. The Hall–Kier alpha value is -1.61. The molecule has 0 N–H and O–H groups in total. The Kier molecular flexibility index (Phi) is 5.06. The van der Waals surface area contributed by atoms with Crippen LogP contribution in [0.15, 0.2) is 33.9 Å². The Balaban J connectivity index is 2.24. The van der Waals surface area contributed by atoms with Crippen LogP contribution >= 0.6 is 27.7 Å². The Morgan fingerprint density at radius 2 is 1.92 bits per heavy atom. The third-order valence-electron chi connectivity index (χ3n) is 3.58. The number of aromatic nitrogens is 4. The number of aryl methyl sites for hydroxylation is 1. The van der Waals surface area contributed by atoms with Crippen LogP contribution in [0.3, 0.4) is 0 Å². The summed E-state index contributed by atoms with van der Waals surface area (Å²) in [6.07, 6.45) is -1.97. The lowest BCUT2D eigenvalue weighted by molar-refractivity contribution is -0.137. The fourth-order valence-corrected chi connectivity index (χ4v) is 3.80. The molecule has 3 rings (SSSR count). The molecule has 4 nitrogen and oxygen atoms in total. The molecule has 0 saturated carbocycles. The van der Waals surface area contributed by atoms with Gasteiger partial charge in [-0.1, -0.05) is 6.92 Å². The van der Waals surface area contributed by atoms with Crippen LogP contribution in [0.4, 0.5) is 13.2 Å². The predicted molar refractivity (Wildman–Crippen MR) is 95.5 cm³/mol. The van der Waals surface area contributed by atoms with Crippen molar-refractivity contribution in [2.24, 2.45) is 0 Å². The molecule has 3 aromatic heterocycles. The number of thioether (sulfide) groups is 1. The van der Waals surface area contributed by atoms with Crippen LogP contribution in [-0.2, 0) is 12.7 Å². The second-order valence-corrected chi connectivity index (χ2v) is 7.40. The number of pyridine rings is 2. The van der Waals surface area contributed by atoms with Gasteiger partial charge in [-0.15, -0.1) is 11.8 Å². The molecule has 25 heavy (non-hydrogen) atoms. The molecule has 0 radical (unpaired) electrons. The number of hydrogen-bond acceptors (Lipinski definition) is 4. The second-order valence-electron chi connectivity index (χ2n) is 5.18. The first kappa shape index (κ1) is 18.2. The van der Waals surface area contributed by atoms with E-state index >= 15 is 0 Å². The number of rotatable bonds is 4. The number of alkyl halides is 3. The first-order valence-corrected chi connectivity index (χ1v) is 9.35. The molecule has 3 heterocycles. The lowest BCUT2D eigenvalue weighted by atomic mass is 10.2. The lowest BCUT2D eigenvalue weighted by Gasteiger charge is -2.10. The minimum atomic E-state index is -4.44. The van der Waals surface area contributed by atoms with E-state index in [9.17, 15) is 13.2 Å². The van der Waals surface area contributed by atoms with Crippen molar-refractivity contribution in [2.45, 2.75) is 31.5 Å². The van der Waals surface area contributed by atoms with E-state index in [1.165, 1.54) is 0 Å². The van der Waals surface area contributed by atoms with E-state index in [4.69, 9.17) is 0 Å². The normalized spacial score (nSPS) is 12.1. The van der Waals surface area contributed by atoms with Crippen LogP contribution in [-0.4, -0.2) is 25.3 Å². The minimum Gasteiger partial charge on any atom is -0.322 e. The smallest absolute Gasteiger partial charge is 0.322 e. The fourth-order valence-electron chi connectivity index (χ4n) is 2.52. The molecule has 9 heteroatoms. The van der Waals surface area contributed by atoms with Gasteiger partial charge in [0, 0.05) is 28.3 Å². The van der Waals surface area contributed by atoms with E-state index in [-0.39, 0.29) is 5.65 Å². The van der Waals surface area contributed by atoms with Gasteiger partial charge in [0.25, 0.3) is 0 Å². The van der Waals surface area contributed by atoms with Crippen molar-refractivity contribution in [3.63, 3.8) is 0 Å². The number of fused-ring (bicyclic) bond motifs is 1. The summed E-state index contributed by atoms with van der Waals surface area (Å²) in [4.78, 5) is 13.7. The average molecular weight is 431 g/mol. The molecule has 0 aliphatic carbocycles. The van der Waals surface area contributed by atoms with Crippen LogP contribution in [0.25, 0.3) is 22.7 Å². The highest BCUT2D eigenvalue weighted by molar-refractivity contribution is 9.10. The van der Waals surface area contributed by atoms with Crippen LogP contribution in [0.5, 0.6) is 0 Å². The first-order chi connectivity index (χ1) is 11.8. The maximum atomic E-state index is 13.0. The van der Waals surface area contributed by atoms with Crippen LogP contribution in [0.2, 0.25) is 0 Å². The van der Waals surface area contributed by atoms with Gasteiger partial charge in [-0.25, -0.2) is 9.97 Å². The number of halogens is 4.